The number of rotatable bonds is 9. The minimum Gasteiger partial charge on any atom is -0.508 e. The topological polar surface area (TPSA) is 102 Å². The molecule has 3 rings (SSSR count). The van der Waals surface area contributed by atoms with Crippen molar-refractivity contribution in [3.8, 4) is 17.2 Å². The molecule has 30 heavy (non-hydrogen) atoms. The second-order valence-corrected chi connectivity index (χ2v) is 7.81. The number of phenolic OH excluding ortho intramolecular Hbond substituents is 2. The first-order valence-electron chi connectivity index (χ1n) is 10.3. The van der Waals surface area contributed by atoms with Crippen molar-refractivity contribution in [3.63, 3.8) is 0 Å². The fourth-order valence-electron chi connectivity index (χ4n) is 3.65. The Hall–Kier alpha value is -2.77. The van der Waals surface area contributed by atoms with Gasteiger partial charge in [0.1, 0.15) is 17.2 Å². The third-order valence-corrected chi connectivity index (χ3v) is 5.27. The highest BCUT2D eigenvalue weighted by atomic mass is 16.5. The molecule has 0 unspecified atom stereocenters. The van der Waals surface area contributed by atoms with Crippen LogP contribution in [0.2, 0.25) is 0 Å². The normalized spacial score (nSPS) is 13.0. The van der Waals surface area contributed by atoms with E-state index in [1.54, 1.807) is 11.0 Å². The smallest absolute Gasteiger partial charge is 0.258 e. The summed E-state index contributed by atoms with van der Waals surface area (Å²) >= 11 is 0. The maximum absolute atomic E-state index is 13.1. The number of benzene rings is 2. The van der Waals surface area contributed by atoms with E-state index in [0.29, 0.717) is 31.8 Å². The minimum atomic E-state index is -0.273. The Balaban J connectivity index is 1.70. The van der Waals surface area contributed by atoms with Gasteiger partial charge in [-0.2, -0.15) is 0 Å². The molecule has 0 bridgehead atoms. The number of amides is 1. The number of hydrogen-bond donors (Lipinski definition) is 4. The van der Waals surface area contributed by atoms with Crippen LogP contribution in [0.25, 0.3) is 0 Å². The standard InChI is InChI=1S/C23H30N2O5/c1-15(2)17-11-18(21(28)12-20(17)27)23(29)25-13-16-5-3-6-22(19(16)14-25)30-10-4-7-24-8-9-26/h3,5-6,11-12,15,24,26-28H,4,7-10,13-14H2,1-2H3. The van der Waals surface area contributed by atoms with Crippen LogP contribution in [-0.2, 0) is 13.1 Å². The van der Waals surface area contributed by atoms with Crippen molar-refractivity contribution in [2.24, 2.45) is 0 Å². The zero-order valence-corrected chi connectivity index (χ0v) is 17.5. The molecule has 2 aromatic rings. The number of ether oxygens (including phenoxy) is 1. The Morgan fingerprint density at radius 3 is 2.70 bits per heavy atom. The summed E-state index contributed by atoms with van der Waals surface area (Å²) in [5.74, 6) is 0.296. The molecule has 7 nitrogen and oxygen atoms in total. The first-order chi connectivity index (χ1) is 14.4. The van der Waals surface area contributed by atoms with Crippen LogP contribution in [-0.4, -0.2) is 52.4 Å². The van der Waals surface area contributed by atoms with E-state index >= 15 is 0 Å². The predicted octanol–water partition coefficient (Wildman–Crippen LogP) is 2.73. The lowest BCUT2D eigenvalue weighted by molar-refractivity contribution is 0.0747. The van der Waals surface area contributed by atoms with Crippen molar-refractivity contribution in [2.75, 3.05) is 26.3 Å². The molecule has 1 aliphatic rings. The third-order valence-electron chi connectivity index (χ3n) is 5.27. The predicted molar refractivity (Wildman–Crippen MR) is 114 cm³/mol. The molecule has 0 saturated carbocycles. The van der Waals surface area contributed by atoms with Gasteiger partial charge in [0, 0.05) is 24.7 Å². The first kappa shape index (κ1) is 21.9. The quantitative estimate of drug-likeness (QED) is 0.471. The van der Waals surface area contributed by atoms with Gasteiger partial charge in [0.25, 0.3) is 5.91 Å². The zero-order chi connectivity index (χ0) is 21.7. The molecule has 162 valence electrons. The number of carbonyl (C=O) groups excluding carboxylic acids is 1. The molecule has 7 heteroatoms. The van der Waals surface area contributed by atoms with Crippen molar-refractivity contribution in [3.05, 3.63) is 52.6 Å². The molecule has 0 aromatic heterocycles. The molecule has 4 N–H and O–H groups in total. The average molecular weight is 415 g/mol. The molecule has 0 atom stereocenters. The number of nitrogens with one attached hydrogen (secondary N) is 1. The highest BCUT2D eigenvalue weighted by Gasteiger charge is 2.29. The van der Waals surface area contributed by atoms with Crippen molar-refractivity contribution in [2.45, 2.75) is 39.3 Å². The average Bonchev–Trinajstić information content (AvgIpc) is 3.15. The molecule has 0 radical (unpaired) electrons. The number of aromatic hydroxyl groups is 2. The van der Waals surface area contributed by atoms with Crippen molar-refractivity contribution in [1.82, 2.24) is 10.2 Å². The zero-order valence-electron chi connectivity index (χ0n) is 17.5. The highest BCUT2D eigenvalue weighted by Crippen LogP contribution is 2.36. The Kier molecular flexibility index (Phi) is 7.18. The van der Waals surface area contributed by atoms with Gasteiger partial charge in [-0.05, 0) is 42.1 Å². The number of aliphatic hydroxyl groups is 1. The summed E-state index contributed by atoms with van der Waals surface area (Å²) in [7, 11) is 0. The maximum atomic E-state index is 13.1. The van der Waals surface area contributed by atoms with E-state index in [1.807, 2.05) is 32.0 Å². The summed E-state index contributed by atoms with van der Waals surface area (Å²) in [5, 5.41) is 32.2. The van der Waals surface area contributed by atoms with Crippen LogP contribution in [0.3, 0.4) is 0 Å². The van der Waals surface area contributed by atoms with Crippen LogP contribution in [0.15, 0.2) is 30.3 Å². The maximum Gasteiger partial charge on any atom is 0.258 e. The Morgan fingerprint density at radius 2 is 1.97 bits per heavy atom. The summed E-state index contributed by atoms with van der Waals surface area (Å²) in [6.07, 6.45) is 0.811. The number of hydrogen-bond acceptors (Lipinski definition) is 6. The molecular formula is C23H30N2O5. The lowest BCUT2D eigenvalue weighted by Gasteiger charge is -2.18. The largest absolute Gasteiger partial charge is 0.508 e. The van der Waals surface area contributed by atoms with E-state index < -0.39 is 0 Å². The molecule has 1 aliphatic heterocycles. The fourth-order valence-corrected chi connectivity index (χ4v) is 3.65. The van der Waals surface area contributed by atoms with Crippen LogP contribution in [0.5, 0.6) is 17.2 Å². The monoisotopic (exact) mass is 414 g/mol. The second-order valence-electron chi connectivity index (χ2n) is 7.81. The van der Waals surface area contributed by atoms with Crippen LogP contribution in [0, 0.1) is 0 Å². The van der Waals surface area contributed by atoms with Crippen LogP contribution < -0.4 is 10.1 Å². The van der Waals surface area contributed by atoms with E-state index in [0.717, 1.165) is 29.8 Å². The molecule has 0 aliphatic carbocycles. The van der Waals surface area contributed by atoms with Gasteiger partial charge in [-0.3, -0.25) is 4.79 Å². The summed E-state index contributed by atoms with van der Waals surface area (Å²) in [6, 6.07) is 8.63. The number of carbonyl (C=O) groups is 1. The van der Waals surface area contributed by atoms with Gasteiger partial charge in [0.15, 0.2) is 0 Å². The minimum absolute atomic E-state index is 0.00655. The Labute approximate surface area is 176 Å². The van der Waals surface area contributed by atoms with Gasteiger partial charge in [-0.25, -0.2) is 0 Å². The van der Waals surface area contributed by atoms with Gasteiger partial charge in [-0.1, -0.05) is 26.0 Å². The van der Waals surface area contributed by atoms with Crippen molar-refractivity contribution in [1.29, 1.82) is 0 Å². The number of phenols is 2. The SMILES string of the molecule is CC(C)c1cc(C(=O)N2Cc3cccc(OCCCNCCO)c3C2)c(O)cc1O. The van der Waals surface area contributed by atoms with Gasteiger partial charge in [0.05, 0.1) is 25.3 Å². The third kappa shape index (κ3) is 4.86. The lowest BCUT2D eigenvalue weighted by Crippen LogP contribution is -2.25. The molecule has 2 aromatic carbocycles. The molecular weight excluding hydrogens is 384 g/mol. The Bertz CT molecular complexity index is 897. The molecule has 0 fully saturated rings. The fraction of sp³-hybridized carbons (Fsp3) is 0.435. The van der Waals surface area contributed by atoms with E-state index in [9.17, 15) is 15.0 Å². The lowest BCUT2D eigenvalue weighted by atomic mass is 9.98. The van der Waals surface area contributed by atoms with Crippen molar-refractivity contribution < 1.29 is 24.9 Å². The van der Waals surface area contributed by atoms with Gasteiger partial charge < -0.3 is 30.3 Å². The van der Waals surface area contributed by atoms with Crippen LogP contribution in [0.1, 0.15) is 53.2 Å². The van der Waals surface area contributed by atoms with Crippen LogP contribution in [0.4, 0.5) is 0 Å². The van der Waals surface area contributed by atoms with Crippen molar-refractivity contribution >= 4 is 5.91 Å². The highest BCUT2D eigenvalue weighted by molar-refractivity contribution is 5.97. The first-order valence-corrected chi connectivity index (χ1v) is 10.3. The van der Waals surface area contributed by atoms with E-state index in [4.69, 9.17) is 9.84 Å². The molecule has 1 heterocycles. The molecule has 1 amide bonds. The number of aliphatic hydroxyl groups excluding tert-OH is 1. The summed E-state index contributed by atoms with van der Waals surface area (Å²) < 4.78 is 5.93. The van der Waals surface area contributed by atoms with Crippen LogP contribution >= 0.6 is 0 Å². The van der Waals surface area contributed by atoms with E-state index in [-0.39, 0.29) is 35.5 Å². The van der Waals surface area contributed by atoms with Gasteiger partial charge in [0.2, 0.25) is 0 Å². The van der Waals surface area contributed by atoms with E-state index in [1.165, 1.54) is 6.07 Å². The summed E-state index contributed by atoms with van der Waals surface area (Å²) in [6.45, 7) is 6.69. The second kappa shape index (κ2) is 9.82. The summed E-state index contributed by atoms with van der Waals surface area (Å²) in [5.41, 5.74) is 2.84. The number of fused-ring (bicyclic) bond motifs is 1. The molecule has 0 spiro atoms. The molecule has 0 saturated heterocycles. The van der Waals surface area contributed by atoms with Gasteiger partial charge in [-0.15, -0.1) is 0 Å². The van der Waals surface area contributed by atoms with Gasteiger partial charge >= 0.3 is 0 Å². The summed E-state index contributed by atoms with van der Waals surface area (Å²) in [4.78, 5) is 14.8. The van der Waals surface area contributed by atoms with E-state index in [2.05, 4.69) is 5.32 Å². The number of nitrogens with zero attached hydrogens (tertiary/aromatic N) is 1. The Morgan fingerprint density at radius 1 is 1.17 bits per heavy atom.